The third-order valence-electron chi connectivity index (χ3n) is 5.87. The molecule has 5 nitrogen and oxygen atoms in total. The lowest BCUT2D eigenvalue weighted by Gasteiger charge is -2.25. The number of nitriles is 1. The van der Waals surface area contributed by atoms with E-state index in [9.17, 15) is 5.26 Å². The van der Waals surface area contributed by atoms with E-state index in [0.717, 1.165) is 42.5 Å². The fraction of sp³-hybridized carbons (Fsp3) is 0.261. The second-order valence-electron chi connectivity index (χ2n) is 7.49. The highest BCUT2D eigenvalue weighted by Crippen LogP contribution is 2.39. The van der Waals surface area contributed by atoms with Gasteiger partial charge in [0.2, 0.25) is 0 Å². The van der Waals surface area contributed by atoms with Crippen LogP contribution in [-0.4, -0.2) is 19.4 Å². The number of rotatable bonds is 3. The molecule has 4 aromatic rings. The van der Waals surface area contributed by atoms with Crippen LogP contribution in [0.15, 0.2) is 67.3 Å². The highest BCUT2D eigenvalue weighted by atomic mass is 15.3. The van der Waals surface area contributed by atoms with Gasteiger partial charge in [-0.1, -0.05) is 18.2 Å². The van der Waals surface area contributed by atoms with Crippen molar-refractivity contribution in [2.45, 2.75) is 31.6 Å². The van der Waals surface area contributed by atoms with Gasteiger partial charge in [-0.05, 0) is 67.0 Å². The van der Waals surface area contributed by atoms with Crippen molar-refractivity contribution in [1.82, 2.24) is 19.4 Å². The van der Waals surface area contributed by atoms with Crippen LogP contribution < -0.4 is 0 Å². The Morgan fingerprint density at radius 1 is 0.929 bits per heavy atom. The molecule has 0 N–H and O–H groups in total. The normalized spacial score (nSPS) is 19.5. The zero-order valence-electron chi connectivity index (χ0n) is 15.6. The average molecular weight is 367 g/mol. The highest BCUT2D eigenvalue weighted by molar-refractivity contribution is 5.83. The summed E-state index contributed by atoms with van der Waals surface area (Å²) in [4.78, 5) is 0. The Labute approximate surface area is 163 Å². The van der Waals surface area contributed by atoms with E-state index < -0.39 is 0 Å². The van der Waals surface area contributed by atoms with Crippen molar-refractivity contribution in [3.8, 4) is 22.9 Å². The minimum Gasteiger partial charge on any atom is -0.241 e. The van der Waals surface area contributed by atoms with E-state index in [-0.39, 0.29) is 5.92 Å². The van der Waals surface area contributed by atoms with Crippen molar-refractivity contribution in [2.75, 3.05) is 0 Å². The maximum Gasteiger partial charge on any atom is 0.0774 e. The van der Waals surface area contributed by atoms with E-state index >= 15 is 0 Å². The Bertz CT molecular complexity index is 1120. The number of benzene rings is 1. The van der Waals surface area contributed by atoms with Crippen LogP contribution in [0, 0.1) is 17.2 Å². The molecule has 0 radical (unpaired) electrons. The maximum atomic E-state index is 9.20. The van der Waals surface area contributed by atoms with Gasteiger partial charge in [0.15, 0.2) is 0 Å². The van der Waals surface area contributed by atoms with Crippen molar-refractivity contribution in [1.29, 1.82) is 5.26 Å². The van der Waals surface area contributed by atoms with Crippen molar-refractivity contribution >= 4 is 5.52 Å². The smallest absolute Gasteiger partial charge is 0.0774 e. The van der Waals surface area contributed by atoms with Gasteiger partial charge in [-0.25, -0.2) is 9.20 Å². The van der Waals surface area contributed by atoms with E-state index in [2.05, 4.69) is 52.7 Å². The topological polar surface area (TPSA) is 58.9 Å². The van der Waals surface area contributed by atoms with E-state index in [4.69, 9.17) is 0 Å². The molecule has 0 atom stereocenters. The van der Waals surface area contributed by atoms with Crippen LogP contribution in [0.5, 0.6) is 0 Å². The zero-order valence-corrected chi connectivity index (χ0v) is 15.6. The van der Waals surface area contributed by atoms with Crippen LogP contribution in [0.4, 0.5) is 0 Å². The molecular weight excluding hydrogens is 346 g/mol. The molecule has 1 aromatic carbocycles. The monoisotopic (exact) mass is 367 g/mol. The quantitative estimate of drug-likeness (QED) is 0.513. The number of hydrogen-bond acceptors (Lipinski definition) is 3. The molecule has 1 fully saturated rings. The van der Waals surface area contributed by atoms with Crippen LogP contribution in [0.3, 0.4) is 0 Å². The molecule has 1 saturated carbocycles. The van der Waals surface area contributed by atoms with Gasteiger partial charge in [0.1, 0.15) is 0 Å². The fourth-order valence-corrected chi connectivity index (χ4v) is 4.36. The summed E-state index contributed by atoms with van der Waals surface area (Å²) in [6.07, 6.45) is 11.8. The molecule has 5 heteroatoms. The first-order chi connectivity index (χ1) is 13.8. The van der Waals surface area contributed by atoms with Crippen molar-refractivity contribution in [3.05, 3.63) is 72.8 Å². The first kappa shape index (κ1) is 16.8. The van der Waals surface area contributed by atoms with Gasteiger partial charge < -0.3 is 0 Å². The first-order valence-electron chi connectivity index (χ1n) is 9.80. The second-order valence-corrected chi connectivity index (χ2v) is 7.49. The number of aromatic nitrogens is 4. The molecule has 0 aliphatic heterocycles. The summed E-state index contributed by atoms with van der Waals surface area (Å²) in [6.45, 7) is 0. The Morgan fingerprint density at radius 2 is 1.75 bits per heavy atom. The highest BCUT2D eigenvalue weighted by Gasteiger charge is 2.25. The molecule has 1 aliphatic carbocycles. The molecule has 1 aliphatic rings. The number of hydrogen-bond donors (Lipinski definition) is 0. The Hall–Kier alpha value is -3.39. The van der Waals surface area contributed by atoms with Gasteiger partial charge in [0.25, 0.3) is 0 Å². The second kappa shape index (κ2) is 6.97. The van der Waals surface area contributed by atoms with Crippen LogP contribution in [0.2, 0.25) is 0 Å². The minimum absolute atomic E-state index is 0.218. The lowest BCUT2D eigenvalue weighted by Crippen LogP contribution is -2.12. The van der Waals surface area contributed by atoms with E-state index in [1.54, 1.807) is 6.20 Å². The van der Waals surface area contributed by atoms with Crippen molar-refractivity contribution in [2.24, 2.45) is 5.92 Å². The maximum absolute atomic E-state index is 9.20. The zero-order chi connectivity index (χ0) is 18.9. The molecule has 5 rings (SSSR count). The summed E-state index contributed by atoms with van der Waals surface area (Å²) in [5.74, 6) is 0.710. The average Bonchev–Trinajstić information content (AvgIpc) is 3.44. The summed E-state index contributed by atoms with van der Waals surface area (Å²) in [5.41, 5.74) is 5.90. The molecule has 3 aromatic heterocycles. The standard InChI is InChI=1S/C23H21N5/c24-15-17-4-6-18(7-5-17)21-3-1-13-28-23(21)22(16-26-28)19-8-10-20(11-9-19)27-14-2-12-25-27/h1-3,8-14,16-18H,4-7H2. The Kier molecular flexibility index (Phi) is 4.17. The summed E-state index contributed by atoms with van der Waals surface area (Å²) in [5, 5.41) is 18.1. The van der Waals surface area contributed by atoms with Crippen LogP contribution in [0.1, 0.15) is 37.2 Å². The molecule has 138 valence electrons. The SMILES string of the molecule is N#CC1CCC(c2cccn3ncc(-c4ccc(-n5cccn5)cc4)c23)CC1. The largest absolute Gasteiger partial charge is 0.241 e. The molecule has 3 heterocycles. The Morgan fingerprint density at radius 3 is 2.46 bits per heavy atom. The summed E-state index contributed by atoms with van der Waals surface area (Å²) in [7, 11) is 0. The lowest BCUT2D eigenvalue weighted by molar-refractivity contribution is 0.383. The first-order valence-corrected chi connectivity index (χ1v) is 9.80. The van der Waals surface area contributed by atoms with Crippen LogP contribution in [-0.2, 0) is 0 Å². The van der Waals surface area contributed by atoms with Gasteiger partial charge in [0.05, 0.1) is 23.5 Å². The van der Waals surface area contributed by atoms with Gasteiger partial charge in [-0.2, -0.15) is 15.5 Å². The van der Waals surface area contributed by atoms with Crippen molar-refractivity contribution in [3.63, 3.8) is 0 Å². The minimum atomic E-state index is 0.218. The van der Waals surface area contributed by atoms with Crippen molar-refractivity contribution < 1.29 is 0 Å². The van der Waals surface area contributed by atoms with Gasteiger partial charge in [-0.3, -0.25) is 0 Å². The molecule has 0 bridgehead atoms. The van der Waals surface area contributed by atoms with Crippen LogP contribution in [0.25, 0.3) is 22.3 Å². The molecular formula is C23H21N5. The fourth-order valence-electron chi connectivity index (χ4n) is 4.36. The third-order valence-corrected chi connectivity index (χ3v) is 5.87. The van der Waals surface area contributed by atoms with Gasteiger partial charge in [-0.15, -0.1) is 0 Å². The Balaban J connectivity index is 1.53. The molecule has 28 heavy (non-hydrogen) atoms. The molecule has 0 amide bonds. The van der Waals surface area contributed by atoms with E-state index in [0.29, 0.717) is 5.92 Å². The third kappa shape index (κ3) is 2.87. The van der Waals surface area contributed by atoms with E-state index in [1.807, 2.05) is 33.9 Å². The summed E-state index contributed by atoms with van der Waals surface area (Å²) >= 11 is 0. The number of pyridine rings is 1. The predicted molar refractivity (Wildman–Crippen MR) is 108 cm³/mol. The van der Waals surface area contributed by atoms with Crippen LogP contribution >= 0.6 is 0 Å². The van der Waals surface area contributed by atoms with Gasteiger partial charge in [0, 0.05) is 30.1 Å². The lowest BCUT2D eigenvalue weighted by atomic mass is 9.78. The number of fused-ring (bicyclic) bond motifs is 1. The molecule has 0 unspecified atom stereocenters. The molecule has 0 spiro atoms. The number of nitrogens with zero attached hydrogens (tertiary/aromatic N) is 5. The molecule has 0 saturated heterocycles. The summed E-state index contributed by atoms with van der Waals surface area (Å²) < 4.78 is 3.85. The van der Waals surface area contributed by atoms with E-state index in [1.165, 1.54) is 11.1 Å². The predicted octanol–water partition coefficient (Wildman–Crippen LogP) is 4.98. The van der Waals surface area contributed by atoms with Gasteiger partial charge >= 0.3 is 0 Å². The summed E-state index contributed by atoms with van der Waals surface area (Å²) in [6, 6.07) is 17.1.